The highest BCUT2D eigenvalue weighted by Crippen LogP contribution is 2.23. The maximum atomic E-state index is 12.6. The van der Waals surface area contributed by atoms with E-state index in [0.29, 0.717) is 6.04 Å². The minimum absolute atomic E-state index is 0.109. The first kappa shape index (κ1) is 16.4. The van der Waals surface area contributed by atoms with E-state index in [1.807, 2.05) is 59.1 Å². The van der Waals surface area contributed by atoms with Gasteiger partial charge in [0.05, 0.1) is 5.69 Å². The van der Waals surface area contributed by atoms with Crippen molar-refractivity contribution in [2.45, 2.75) is 25.8 Å². The average molecular weight is 347 g/mol. The highest BCUT2D eigenvalue weighted by atomic mass is 16.2. The summed E-state index contributed by atoms with van der Waals surface area (Å²) in [5.74, 6) is 0.891. The van der Waals surface area contributed by atoms with Gasteiger partial charge in [-0.1, -0.05) is 12.1 Å². The smallest absolute Gasteiger partial charge is 0.254 e. The number of hydrogen-bond donors (Lipinski definition) is 0. The highest BCUT2D eigenvalue weighted by molar-refractivity contribution is 5.95. The zero-order valence-corrected chi connectivity index (χ0v) is 15.0. The fourth-order valence-electron chi connectivity index (χ4n) is 3.40. The van der Waals surface area contributed by atoms with Crippen molar-refractivity contribution in [3.63, 3.8) is 0 Å². The molecule has 2 aromatic heterocycles. The second kappa shape index (κ2) is 6.71. The molecule has 1 amide bonds. The summed E-state index contributed by atoms with van der Waals surface area (Å²) in [4.78, 5) is 18.8. The molecule has 1 fully saturated rings. The molecule has 0 saturated carbocycles. The molecule has 3 heterocycles. The standard InChI is InChI=1S/C20H21N5O/c1-14-4-3-12-25(14)20(26)16-7-5-15(6-8-16)17-9-10-18(23-22-17)19-21-11-13-24(19)2/h5-11,13-14H,3-4,12H2,1-2H3/t14-/m0/s1. The lowest BCUT2D eigenvalue weighted by atomic mass is 10.1. The molecule has 0 bridgehead atoms. The third-order valence-electron chi connectivity index (χ3n) is 4.96. The molecular weight excluding hydrogens is 326 g/mol. The molecule has 6 heteroatoms. The number of nitrogens with zero attached hydrogens (tertiary/aromatic N) is 5. The van der Waals surface area contributed by atoms with Gasteiger partial charge in [-0.05, 0) is 44.0 Å². The Hall–Kier alpha value is -3.02. The first-order valence-corrected chi connectivity index (χ1v) is 8.86. The maximum Gasteiger partial charge on any atom is 0.254 e. The summed E-state index contributed by atoms with van der Waals surface area (Å²) >= 11 is 0. The molecule has 0 aliphatic carbocycles. The largest absolute Gasteiger partial charge is 0.336 e. The molecule has 3 aromatic rings. The van der Waals surface area contributed by atoms with Gasteiger partial charge >= 0.3 is 0 Å². The van der Waals surface area contributed by atoms with Crippen LogP contribution in [0.4, 0.5) is 0 Å². The van der Waals surface area contributed by atoms with Gasteiger partial charge in [-0.2, -0.15) is 0 Å². The van der Waals surface area contributed by atoms with E-state index in [-0.39, 0.29) is 5.91 Å². The van der Waals surface area contributed by atoms with Crippen molar-refractivity contribution in [3.8, 4) is 22.8 Å². The monoisotopic (exact) mass is 347 g/mol. The Kier molecular flexibility index (Phi) is 4.24. The fourth-order valence-corrected chi connectivity index (χ4v) is 3.40. The van der Waals surface area contributed by atoms with Crippen LogP contribution in [-0.4, -0.2) is 43.1 Å². The van der Waals surface area contributed by atoms with Crippen molar-refractivity contribution in [2.75, 3.05) is 6.54 Å². The molecule has 0 spiro atoms. The van der Waals surface area contributed by atoms with Gasteiger partial charge in [-0.25, -0.2) is 4.98 Å². The van der Waals surface area contributed by atoms with Crippen LogP contribution in [0.15, 0.2) is 48.8 Å². The lowest BCUT2D eigenvalue weighted by molar-refractivity contribution is 0.0747. The van der Waals surface area contributed by atoms with Crippen molar-refractivity contribution >= 4 is 5.91 Å². The Morgan fingerprint density at radius 2 is 1.81 bits per heavy atom. The zero-order chi connectivity index (χ0) is 18.1. The quantitative estimate of drug-likeness (QED) is 0.730. The molecule has 1 aliphatic rings. The van der Waals surface area contributed by atoms with Gasteiger partial charge in [0, 0.05) is 43.2 Å². The van der Waals surface area contributed by atoms with Gasteiger partial charge < -0.3 is 9.47 Å². The zero-order valence-electron chi connectivity index (χ0n) is 15.0. The number of benzene rings is 1. The van der Waals surface area contributed by atoms with Crippen LogP contribution in [0.5, 0.6) is 0 Å². The van der Waals surface area contributed by atoms with Crippen LogP contribution in [0, 0.1) is 0 Å². The molecule has 6 nitrogen and oxygen atoms in total. The summed E-state index contributed by atoms with van der Waals surface area (Å²) in [5, 5.41) is 8.59. The topological polar surface area (TPSA) is 63.9 Å². The summed E-state index contributed by atoms with van der Waals surface area (Å²) in [6.07, 6.45) is 5.79. The predicted octanol–water partition coefficient (Wildman–Crippen LogP) is 3.17. The number of amides is 1. The Balaban J connectivity index is 1.53. The minimum atomic E-state index is 0.109. The molecule has 26 heavy (non-hydrogen) atoms. The summed E-state index contributed by atoms with van der Waals surface area (Å²) in [7, 11) is 1.93. The molecule has 0 N–H and O–H groups in total. The first-order chi connectivity index (χ1) is 12.6. The van der Waals surface area contributed by atoms with E-state index in [9.17, 15) is 4.79 Å². The van der Waals surface area contributed by atoms with Crippen molar-refractivity contribution < 1.29 is 4.79 Å². The number of carbonyl (C=O) groups excluding carboxylic acids is 1. The fraction of sp³-hybridized carbons (Fsp3) is 0.300. The Bertz CT molecular complexity index is 914. The summed E-state index contributed by atoms with van der Waals surface area (Å²) in [5.41, 5.74) is 3.17. The van der Waals surface area contributed by atoms with E-state index in [1.165, 1.54) is 0 Å². The average Bonchev–Trinajstić information content (AvgIpc) is 3.29. The lowest BCUT2D eigenvalue weighted by Gasteiger charge is -2.21. The predicted molar refractivity (Wildman–Crippen MR) is 99.4 cm³/mol. The van der Waals surface area contributed by atoms with Crippen LogP contribution in [0.1, 0.15) is 30.1 Å². The van der Waals surface area contributed by atoms with E-state index < -0.39 is 0 Å². The van der Waals surface area contributed by atoms with E-state index >= 15 is 0 Å². The first-order valence-electron chi connectivity index (χ1n) is 8.86. The van der Waals surface area contributed by atoms with Crippen LogP contribution in [0.3, 0.4) is 0 Å². The number of rotatable bonds is 3. The number of hydrogen-bond acceptors (Lipinski definition) is 4. The van der Waals surface area contributed by atoms with Crippen molar-refractivity contribution in [2.24, 2.45) is 7.05 Å². The van der Waals surface area contributed by atoms with Crippen LogP contribution in [-0.2, 0) is 7.05 Å². The molecule has 132 valence electrons. The van der Waals surface area contributed by atoms with Crippen LogP contribution < -0.4 is 0 Å². The number of carbonyl (C=O) groups is 1. The highest BCUT2D eigenvalue weighted by Gasteiger charge is 2.25. The lowest BCUT2D eigenvalue weighted by Crippen LogP contribution is -2.33. The molecule has 1 atom stereocenters. The van der Waals surface area contributed by atoms with Crippen LogP contribution in [0.2, 0.25) is 0 Å². The number of imidazole rings is 1. The number of aromatic nitrogens is 4. The van der Waals surface area contributed by atoms with Crippen molar-refractivity contribution in [3.05, 3.63) is 54.4 Å². The van der Waals surface area contributed by atoms with E-state index in [0.717, 1.165) is 47.7 Å². The summed E-state index contributed by atoms with van der Waals surface area (Å²) in [6.45, 7) is 2.96. The second-order valence-corrected chi connectivity index (χ2v) is 6.73. The maximum absolute atomic E-state index is 12.6. The Morgan fingerprint density at radius 3 is 2.38 bits per heavy atom. The van der Waals surface area contributed by atoms with Gasteiger partial charge in [0.15, 0.2) is 5.82 Å². The third-order valence-corrected chi connectivity index (χ3v) is 4.96. The molecule has 4 rings (SSSR count). The molecule has 0 unspecified atom stereocenters. The molecular formula is C20H21N5O. The van der Waals surface area contributed by atoms with Gasteiger partial charge in [0.25, 0.3) is 5.91 Å². The van der Waals surface area contributed by atoms with Crippen molar-refractivity contribution in [1.82, 2.24) is 24.6 Å². The Labute approximate surface area is 152 Å². The molecule has 0 radical (unpaired) electrons. The SMILES string of the molecule is C[C@H]1CCCN1C(=O)c1ccc(-c2ccc(-c3nccn3C)nn2)cc1. The molecule has 1 aromatic carbocycles. The molecule has 1 saturated heterocycles. The van der Waals surface area contributed by atoms with Crippen molar-refractivity contribution in [1.29, 1.82) is 0 Å². The second-order valence-electron chi connectivity index (χ2n) is 6.73. The van der Waals surface area contributed by atoms with Gasteiger partial charge in [-0.15, -0.1) is 10.2 Å². The van der Waals surface area contributed by atoms with Gasteiger partial charge in [0.2, 0.25) is 0 Å². The normalized spacial score (nSPS) is 16.8. The summed E-state index contributed by atoms with van der Waals surface area (Å²) in [6, 6.07) is 11.8. The van der Waals surface area contributed by atoms with E-state index in [1.54, 1.807) is 6.20 Å². The summed E-state index contributed by atoms with van der Waals surface area (Å²) < 4.78 is 1.91. The van der Waals surface area contributed by atoms with Crippen LogP contribution in [0.25, 0.3) is 22.8 Å². The van der Waals surface area contributed by atoms with Crippen LogP contribution >= 0.6 is 0 Å². The van der Waals surface area contributed by atoms with Gasteiger partial charge in [-0.3, -0.25) is 4.79 Å². The number of likely N-dealkylation sites (tertiary alicyclic amines) is 1. The van der Waals surface area contributed by atoms with Gasteiger partial charge in [0.1, 0.15) is 5.69 Å². The third kappa shape index (κ3) is 2.98. The molecule has 1 aliphatic heterocycles. The van der Waals surface area contributed by atoms with E-state index in [2.05, 4.69) is 22.1 Å². The Morgan fingerprint density at radius 1 is 1.08 bits per heavy atom. The van der Waals surface area contributed by atoms with E-state index in [4.69, 9.17) is 0 Å². The number of aryl methyl sites for hydroxylation is 1. The minimum Gasteiger partial charge on any atom is -0.336 e.